The van der Waals surface area contributed by atoms with Crippen molar-refractivity contribution in [2.24, 2.45) is 28.6 Å². The van der Waals surface area contributed by atoms with Gasteiger partial charge in [0.1, 0.15) is 17.4 Å². The minimum atomic E-state index is -1.82. The molecule has 0 heterocycles. The maximum absolute atomic E-state index is 13.7. The van der Waals surface area contributed by atoms with E-state index in [4.69, 9.17) is 4.74 Å². The van der Waals surface area contributed by atoms with Crippen molar-refractivity contribution >= 4 is 47.0 Å². The highest BCUT2D eigenvalue weighted by Gasteiger charge is 2.68. The number of aliphatic carboxylic acids is 1. The highest BCUT2D eigenvalue weighted by molar-refractivity contribution is 7.98. The van der Waals surface area contributed by atoms with Gasteiger partial charge in [0.05, 0.1) is 6.42 Å². The predicted octanol–water partition coefficient (Wildman–Crippen LogP) is 2.64. The lowest BCUT2D eigenvalue weighted by Crippen LogP contribution is -2.61. The lowest BCUT2D eigenvalue weighted by molar-refractivity contribution is -0.173. The van der Waals surface area contributed by atoms with E-state index < -0.39 is 47.3 Å². The van der Waals surface area contributed by atoms with Crippen LogP contribution in [0.1, 0.15) is 78.1 Å². The number of esters is 1. The number of Topliss-reactive ketones (excluding diaryl/α,β-unsaturated/α-hetero) is 2. The van der Waals surface area contributed by atoms with E-state index in [-0.39, 0.29) is 66.8 Å². The number of fused-ring (bicyclic) bond motifs is 5. The van der Waals surface area contributed by atoms with Crippen molar-refractivity contribution in [1.29, 1.82) is 0 Å². The molecule has 0 saturated heterocycles. The van der Waals surface area contributed by atoms with Crippen molar-refractivity contribution < 1.29 is 43.7 Å². The Balaban J connectivity index is 1.36. The van der Waals surface area contributed by atoms with Crippen LogP contribution < -0.4 is 5.32 Å². The third-order valence-corrected chi connectivity index (χ3v) is 11.1. The number of allylic oxidation sites excluding steroid dienone is 1. The summed E-state index contributed by atoms with van der Waals surface area (Å²) in [6.07, 6.45) is 6.49. The van der Waals surface area contributed by atoms with Crippen molar-refractivity contribution in [1.82, 2.24) is 5.32 Å². The lowest BCUT2D eigenvalue weighted by atomic mass is 9.46. The van der Waals surface area contributed by atoms with E-state index in [2.05, 4.69) is 12.2 Å². The summed E-state index contributed by atoms with van der Waals surface area (Å²) in [7, 11) is 0. The highest BCUT2D eigenvalue weighted by Crippen LogP contribution is 2.66. The normalized spacial score (nSPS) is 34.9. The zero-order chi connectivity index (χ0) is 30.2. The SMILES string of the molecule is CSCCC(NC(=O)CCC(=O)OCC(=O)[C@@]1(O)CCC2C3CCC4=CC(=O)CC[C@]4(C)C3C(=O)C[C@@]21C)C(=O)O. The quantitative estimate of drug-likeness (QED) is 0.304. The van der Waals surface area contributed by atoms with E-state index in [1.54, 1.807) is 13.0 Å². The van der Waals surface area contributed by atoms with E-state index in [0.29, 0.717) is 25.0 Å². The summed E-state index contributed by atoms with van der Waals surface area (Å²) in [6.45, 7) is 3.22. The summed E-state index contributed by atoms with van der Waals surface area (Å²) in [6, 6.07) is -1.05. The number of hydrogen-bond donors (Lipinski definition) is 3. The molecule has 1 amide bonds. The number of thioether (sulfide) groups is 1. The lowest BCUT2D eigenvalue weighted by Gasteiger charge is -2.57. The van der Waals surface area contributed by atoms with Gasteiger partial charge in [0.25, 0.3) is 0 Å². The first-order valence-corrected chi connectivity index (χ1v) is 15.8. The van der Waals surface area contributed by atoms with Crippen LogP contribution in [0, 0.1) is 28.6 Å². The molecule has 11 heteroatoms. The molecule has 0 aliphatic heterocycles. The average molecular weight is 592 g/mol. The fourth-order valence-electron chi connectivity index (χ4n) is 8.16. The molecule has 4 aliphatic carbocycles. The standard InChI is InChI=1S/C30H41NO9S/c1-28-11-8-18(32)14-17(28)4-5-19-20-9-12-30(39,29(20,2)15-22(33)26(19)28)23(34)16-40-25(36)7-6-24(35)31-21(27(37)38)10-13-41-3/h14,19-21,26,39H,4-13,15-16H2,1-3H3,(H,31,35)(H,37,38)/t19?,20?,21?,26?,28-,29-,30-/m0/s1. The van der Waals surface area contributed by atoms with Crippen LogP contribution in [-0.2, 0) is 33.5 Å². The Morgan fingerprint density at radius 2 is 1.85 bits per heavy atom. The fourth-order valence-corrected chi connectivity index (χ4v) is 8.63. The van der Waals surface area contributed by atoms with E-state index in [1.165, 1.54) is 11.8 Å². The summed E-state index contributed by atoms with van der Waals surface area (Å²) in [5, 5.41) is 23.4. The van der Waals surface area contributed by atoms with Gasteiger partial charge in [-0.05, 0) is 73.9 Å². The van der Waals surface area contributed by atoms with Crippen LogP contribution in [0.3, 0.4) is 0 Å². The first-order chi connectivity index (χ1) is 19.3. The molecule has 3 saturated carbocycles. The number of carbonyl (C=O) groups is 6. The number of carboxylic acid groups (broad SMARTS) is 1. The van der Waals surface area contributed by atoms with Gasteiger partial charge in [-0.2, -0.15) is 11.8 Å². The maximum Gasteiger partial charge on any atom is 0.326 e. The van der Waals surface area contributed by atoms with Crippen molar-refractivity contribution in [3.05, 3.63) is 11.6 Å². The Morgan fingerprint density at radius 1 is 1.12 bits per heavy atom. The number of aliphatic hydroxyl groups is 1. The van der Waals surface area contributed by atoms with Gasteiger partial charge in [0.15, 0.2) is 12.4 Å². The van der Waals surface area contributed by atoms with Gasteiger partial charge in [0.2, 0.25) is 11.7 Å². The molecule has 0 aromatic heterocycles. The largest absolute Gasteiger partial charge is 0.480 e. The average Bonchev–Trinajstić information content (AvgIpc) is 3.19. The molecule has 0 aromatic carbocycles. The molecule has 0 spiro atoms. The Kier molecular flexibility index (Phi) is 9.18. The maximum atomic E-state index is 13.7. The van der Waals surface area contributed by atoms with Gasteiger partial charge in [-0.3, -0.25) is 24.0 Å². The highest BCUT2D eigenvalue weighted by atomic mass is 32.2. The number of carboxylic acids is 1. The van der Waals surface area contributed by atoms with Crippen LogP contribution in [0.25, 0.3) is 0 Å². The summed E-state index contributed by atoms with van der Waals surface area (Å²) in [4.78, 5) is 74.9. The molecule has 3 N–H and O–H groups in total. The smallest absolute Gasteiger partial charge is 0.326 e. The van der Waals surface area contributed by atoms with Crippen molar-refractivity contribution in [3.8, 4) is 0 Å². The molecule has 10 nitrogen and oxygen atoms in total. The number of ether oxygens (including phenoxy) is 1. The topological polar surface area (TPSA) is 164 Å². The first kappa shape index (κ1) is 31.4. The number of rotatable bonds is 11. The summed E-state index contributed by atoms with van der Waals surface area (Å²) >= 11 is 1.46. The second-order valence-electron chi connectivity index (χ2n) is 12.6. The molecule has 3 fully saturated rings. The Hall–Kier alpha value is -2.53. The van der Waals surface area contributed by atoms with Gasteiger partial charge < -0.3 is 20.3 Å². The van der Waals surface area contributed by atoms with Crippen molar-refractivity contribution in [2.75, 3.05) is 18.6 Å². The molecule has 41 heavy (non-hydrogen) atoms. The van der Waals surface area contributed by atoms with Gasteiger partial charge >= 0.3 is 11.9 Å². The van der Waals surface area contributed by atoms with Crippen molar-refractivity contribution in [2.45, 2.75) is 89.7 Å². The summed E-state index contributed by atoms with van der Waals surface area (Å²) < 4.78 is 5.13. The molecule has 7 atom stereocenters. The molecule has 0 bridgehead atoms. The zero-order valence-electron chi connectivity index (χ0n) is 24.0. The second kappa shape index (κ2) is 12.0. The van der Waals surface area contributed by atoms with Gasteiger partial charge in [-0.15, -0.1) is 0 Å². The van der Waals surface area contributed by atoms with Crippen LogP contribution in [0.15, 0.2) is 11.6 Å². The van der Waals surface area contributed by atoms with Crippen LogP contribution in [-0.4, -0.2) is 75.7 Å². The fraction of sp³-hybridized carbons (Fsp3) is 0.733. The van der Waals surface area contributed by atoms with Crippen molar-refractivity contribution in [3.63, 3.8) is 0 Å². The predicted molar refractivity (Wildman–Crippen MR) is 150 cm³/mol. The van der Waals surface area contributed by atoms with Crippen LogP contribution in [0.4, 0.5) is 0 Å². The minimum absolute atomic E-state index is 0.00466. The molecular formula is C30H41NO9S. The van der Waals surface area contributed by atoms with E-state index in [1.807, 2.05) is 6.26 Å². The molecule has 0 radical (unpaired) electrons. The second-order valence-corrected chi connectivity index (χ2v) is 13.6. The van der Waals surface area contributed by atoms with Crippen LogP contribution in [0.2, 0.25) is 0 Å². The molecule has 4 unspecified atom stereocenters. The number of nitrogens with one attached hydrogen (secondary N) is 1. The zero-order valence-corrected chi connectivity index (χ0v) is 24.8. The molecule has 0 aromatic rings. The number of carbonyl (C=O) groups excluding carboxylic acids is 5. The summed E-state index contributed by atoms with van der Waals surface area (Å²) in [5.74, 6) is -2.83. The molecule has 4 rings (SSSR count). The monoisotopic (exact) mass is 591 g/mol. The first-order valence-electron chi connectivity index (χ1n) is 14.5. The Labute approximate surface area is 244 Å². The minimum Gasteiger partial charge on any atom is -0.480 e. The third-order valence-electron chi connectivity index (χ3n) is 10.4. The third kappa shape index (κ3) is 5.76. The Bertz CT molecular complexity index is 1170. The number of amides is 1. The van der Waals surface area contributed by atoms with Crippen LogP contribution in [0.5, 0.6) is 0 Å². The number of hydrogen-bond acceptors (Lipinski definition) is 9. The summed E-state index contributed by atoms with van der Waals surface area (Å²) in [5.41, 5.74) is -2.13. The number of ketones is 3. The van der Waals surface area contributed by atoms with Gasteiger partial charge in [-0.25, -0.2) is 4.79 Å². The molecule has 4 aliphatic rings. The van der Waals surface area contributed by atoms with E-state index in [0.717, 1.165) is 18.4 Å². The Morgan fingerprint density at radius 3 is 2.54 bits per heavy atom. The molecular weight excluding hydrogens is 550 g/mol. The van der Waals surface area contributed by atoms with E-state index in [9.17, 15) is 39.0 Å². The van der Waals surface area contributed by atoms with Gasteiger partial charge in [0, 0.05) is 30.6 Å². The van der Waals surface area contributed by atoms with Gasteiger partial charge in [-0.1, -0.05) is 19.4 Å². The van der Waals surface area contributed by atoms with Crippen LogP contribution >= 0.6 is 11.8 Å². The molecule has 226 valence electrons. The van der Waals surface area contributed by atoms with E-state index >= 15 is 0 Å².